The van der Waals surface area contributed by atoms with E-state index in [0.717, 1.165) is 25.7 Å². The predicted molar refractivity (Wildman–Crippen MR) is 79.7 cm³/mol. The van der Waals surface area contributed by atoms with Crippen molar-refractivity contribution in [3.8, 4) is 0 Å². The number of carbonyl (C=O) groups is 1. The largest absolute Gasteiger partial charge is 0.465 e. The lowest BCUT2D eigenvalue weighted by Crippen LogP contribution is -2.24. The van der Waals surface area contributed by atoms with Gasteiger partial charge in [0.15, 0.2) is 0 Å². The molecular weight excluding hydrogens is 248 g/mol. The van der Waals surface area contributed by atoms with Crippen LogP contribution >= 0.6 is 0 Å². The molecule has 2 aliphatic carbocycles. The highest BCUT2D eigenvalue weighted by atomic mass is 16.5. The first-order chi connectivity index (χ1) is 9.84. The Bertz CT molecular complexity index is 474. The van der Waals surface area contributed by atoms with Crippen LogP contribution in [0.3, 0.4) is 0 Å². The lowest BCUT2D eigenvalue weighted by molar-refractivity contribution is -0.151. The van der Waals surface area contributed by atoms with Crippen LogP contribution in [0.15, 0.2) is 18.2 Å². The Kier molecular flexibility index (Phi) is 4.39. The van der Waals surface area contributed by atoms with Crippen molar-refractivity contribution in [2.24, 2.45) is 5.92 Å². The number of hydrogen-bond donors (Lipinski definition) is 0. The van der Waals surface area contributed by atoms with E-state index in [2.05, 4.69) is 18.2 Å². The van der Waals surface area contributed by atoms with Gasteiger partial charge in [0.2, 0.25) is 0 Å². The molecule has 3 rings (SSSR count). The third kappa shape index (κ3) is 3.05. The molecule has 0 atom stereocenters. The molecule has 0 unspecified atom stereocenters. The Labute approximate surface area is 121 Å². The highest BCUT2D eigenvalue weighted by molar-refractivity contribution is 5.73. The molecule has 0 heterocycles. The first-order valence-electron chi connectivity index (χ1n) is 8.11. The van der Waals surface area contributed by atoms with Crippen LogP contribution in [0, 0.1) is 5.92 Å². The number of esters is 1. The first-order valence-corrected chi connectivity index (χ1v) is 8.11. The highest BCUT2D eigenvalue weighted by Crippen LogP contribution is 2.28. The van der Waals surface area contributed by atoms with Gasteiger partial charge in [-0.25, -0.2) is 0 Å². The van der Waals surface area contributed by atoms with Gasteiger partial charge in [0.25, 0.3) is 0 Å². The third-order valence-corrected chi connectivity index (χ3v) is 4.77. The summed E-state index contributed by atoms with van der Waals surface area (Å²) in [6, 6.07) is 6.70. The molecule has 1 fully saturated rings. The summed E-state index contributed by atoms with van der Waals surface area (Å²) in [6.07, 6.45) is 10.4. The number of carbonyl (C=O) groups excluding carboxylic acids is 1. The summed E-state index contributed by atoms with van der Waals surface area (Å²) in [4.78, 5) is 11.6. The summed E-state index contributed by atoms with van der Waals surface area (Å²) in [6.45, 7) is 0.582. The molecule has 1 aromatic rings. The van der Waals surface area contributed by atoms with E-state index < -0.39 is 0 Å². The van der Waals surface area contributed by atoms with E-state index in [9.17, 15) is 4.79 Å². The van der Waals surface area contributed by atoms with Crippen molar-refractivity contribution in [2.75, 3.05) is 6.61 Å². The maximum atomic E-state index is 11.6. The number of hydrogen-bond acceptors (Lipinski definition) is 2. The Hall–Kier alpha value is -1.31. The van der Waals surface area contributed by atoms with E-state index in [-0.39, 0.29) is 11.9 Å². The van der Waals surface area contributed by atoms with Gasteiger partial charge in [-0.2, -0.15) is 0 Å². The molecule has 0 aromatic heterocycles. The van der Waals surface area contributed by atoms with Crippen molar-refractivity contribution in [3.05, 3.63) is 34.9 Å². The number of rotatable bonds is 5. The Morgan fingerprint density at radius 3 is 2.80 bits per heavy atom. The standard InChI is InChI=1S/C18H24O2/c19-18(16-9-4-10-16)20-13-5-11-15-8-3-7-14-6-1-2-12-17(14)15/h3,7-8,16H,1-2,4-6,9-13H2. The molecule has 1 saturated carbocycles. The molecule has 0 amide bonds. The van der Waals surface area contributed by atoms with E-state index in [1.165, 1.54) is 37.7 Å². The average Bonchev–Trinajstić information content (AvgIpc) is 2.42. The molecule has 2 nitrogen and oxygen atoms in total. The lowest BCUT2D eigenvalue weighted by Gasteiger charge is -2.23. The van der Waals surface area contributed by atoms with E-state index >= 15 is 0 Å². The minimum Gasteiger partial charge on any atom is -0.465 e. The summed E-state index contributed by atoms with van der Waals surface area (Å²) < 4.78 is 5.37. The van der Waals surface area contributed by atoms with Gasteiger partial charge in [0, 0.05) is 0 Å². The average molecular weight is 272 g/mol. The zero-order valence-corrected chi connectivity index (χ0v) is 12.2. The number of ether oxygens (including phenoxy) is 1. The van der Waals surface area contributed by atoms with Crippen LogP contribution in [-0.2, 0) is 28.8 Å². The smallest absolute Gasteiger partial charge is 0.308 e. The number of benzene rings is 1. The molecule has 2 heteroatoms. The van der Waals surface area contributed by atoms with Crippen molar-refractivity contribution >= 4 is 5.97 Å². The Balaban J connectivity index is 1.47. The molecule has 0 N–H and O–H groups in total. The van der Waals surface area contributed by atoms with Crippen molar-refractivity contribution in [2.45, 2.75) is 57.8 Å². The third-order valence-electron chi connectivity index (χ3n) is 4.77. The molecule has 0 bridgehead atoms. The predicted octanol–water partition coefficient (Wildman–Crippen LogP) is 3.84. The fraction of sp³-hybridized carbons (Fsp3) is 0.611. The van der Waals surface area contributed by atoms with Crippen molar-refractivity contribution < 1.29 is 9.53 Å². The van der Waals surface area contributed by atoms with Crippen LogP contribution in [0.25, 0.3) is 0 Å². The van der Waals surface area contributed by atoms with Crippen LogP contribution in [0.2, 0.25) is 0 Å². The summed E-state index contributed by atoms with van der Waals surface area (Å²) in [5.41, 5.74) is 4.59. The van der Waals surface area contributed by atoms with E-state index in [1.807, 2.05) is 0 Å². The monoisotopic (exact) mass is 272 g/mol. The number of aryl methyl sites for hydroxylation is 2. The SMILES string of the molecule is O=C(OCCCc1cccc2c1CCCC2)C1CCC1. The van der Waals surface area contributed by atoms with E-state index in [4.69, 9.17) is 4.74 Å². The van der Waals surface area contributed by atoms with E-state index in [0.29, 0.717) is 6.61 Å². The molecule has 0 saturated heterocycles. The van der Waals surface area contributed by atoms with Gasteiger partial charge in [0.1, 0.15) is 0 Å². The molecule has 0 aliphatic heterocycles. The quantitative estimate of drug-likeness (QED) is 0.601. The summed E-state index contributed by atoms with van der Waals surface area (Å²) in [5.74, 6) is 0.242. The normalized spacial score (nSPS) is 18.2. The van der Waals surface area contributed by atoms with Gasteiger partial charge < -0.3 is 4.74 Å². The van der Waals surface area contributed by atoms with Crippen LogP contribution in [0.4, 0.5) is 0 Å². The fourth-order valence-electron chi connectivity index (χ4n) is 3.29. The topological polar surface area (TPSA) is 26.3 Å². The molecule has 20 heavy (non-hydrogen) atoms. The Morgan fingerprint density at radius 2 is 2.00 bits per heavy atom. The summed E-state index contributed by atoms with van der Waals surface area (Å²) >= 11 is 0. The zero-order valence-electron chi connectivity index (χ0n) is 12.2. The maximum absolute atomic E-state index is 11.6. The van der Waals surface area contributed by atoms with Crippen LogP contribution in [0.1, 0.15) is 55.2 Å². The molecule has 2 aliphatic rings. The van der Waals surface area contributed by atoms with Gasteiger partial charge >= 0.3 is 5.97 Å². The maximum Gasteiger partial charge on any atom is 0.308 e. The van der Waals surface area contributed by atoms with Gasteiger partial charge in [0.05, 0.1) is 12.5 Å². The summed E-state index contributed by atoms with van der Waals surface area (Å²) in [7, 11) is 0. The minimum atomic E-state index is 0.0336. The second-order valence-corrected chi connectivity index (χ2v) is 6.16. The number of fused-ring (bicyclic) bond motifs is 1. The second kappa shape index (κ2) is 6.43. The second-order valence-electron chi connectivity index (χ2n) is 6.16. The van der Waals surface area contributed by atoms with Gasteiger partial charge in [-0.05, 0) is 68.1 Å². The van der Waals surface area contributed by atoms with Crippen LogP contribution in [-0.4, -0.2) is 12.6 Å². The highest BCUT2D eigenvalue weighted by Gasteiger charge is 2.26. The molecule has 1 aromatic carbocycles. The fourth-order valence-corrected chi connectivity index (χ4v) is 3.29. The van der Waals surface area contributed by atoms with Crippen molar-refractivity contribution in [1.29, 1.82) is 0 Å². The first kappa shape index (κ1) is 13.7. The molecule has 0 radical (unpaired) electrons. The molecule has 108 valence electrons. The van der Waals surface area contributed by atoms with Gasteiger partial charge in [-0.3, -0.25) is 4.79 Å². The van der Waals surface area contributed by atoms with Gasteiger partial charge in [-0.15, -0.1) is 0 Å². The summed E-state index contributed by atoms with van der Waals surface area (Å²) in [5, 5.41) is 0. The zero-order chi connectivity index (χ0) is 13.8. The van der Waals surface area contributed by atoms with E-state index in [1.54, 1.807) is 11.1 Å². The van der Waals surface area contributed by atoms with Crippen LogP contribution < -0.4 is 0 Å². The molecule has 0 spiro atoms. The lowest BCUT2D eigenvalue weighted by atomic mass is 9.86. The van der Waals surface area contributed by atoms with Crippen molar-refractivity contribution in [1.82, 2.24) is 0 Å². The van der Waals surface area contributed by atoms with Crippen molar-refractivity contribution in [3.63, 3.8) is 0 Å². The molecular formula is C18H24O2. The van der Waals surface area contributed by atoms with Crippen LogP contribution in [0.5, 0.6) is 0 Å². The van der Waals surface area contributed by atoms with Gasteiger partial charge in [-0.1, -0.05) is 24.6 Å². The Morgan fingerprint density at radius 1 is 1.15 bits per heavy atom. The minimum absolute atomic E-state index is 0.0336.